The van der Waals surface area contributed by atoms with E-state index in [0.717, 1.165) is 30.8 Å². The minimum Gasteiger partial charge on any atom is -0.339 e. The van der Waals surface area contributed by atoms with E-state index in [-0.39, 0.29) is 0 Å². The Labute approximate surface area is 117 Å². The largest absolute Gasteiger partial charge is 0.339 e. The van der Waals surface area contributed by atoms with Gasteiger partial charge in [0.2, 0.25) is 5.89 Å². The van der Waals surface area contributed by atoms with Crippen molar-refractivity contribution in [2.45, 2.75) is 36.8 Å². The molecule has 1 heterocycles. The zero-order chi connectivity index (χ0) is 13.5. The zero-order valence-electron chi connectivity index (χ0n) is 11.1. The van der Waals surface area contributed by atoms with Gasteiger partial charge < -0.3 is 10.3 Å². The molecule has 0 bridgehead atoms. The summed E-state index contributed by atoms with van der Waals surface area (Å²) in [6, 6.07) is 8.41. The van der Waals surface area contributed by atoms with Gasteiger partial charge in [-0.25, -0.2) is 0 Å². The van der Waals surface area contributed by atoms with E-state index in [1.807, 2.05) is 0 Å². The van der Waals surface area contributed by atoms with Crippen LogP contribution in [0.1, 0.15) is 30.1 Å². The topological polar surface area (TPSA) is 64.9 Å². The van der Waals surface area contributed by atoms with Crippen molar-refractivity contribution in [3.8, 4) is 0 Å². The first-order chi connectivity index (χ1) is 9.28. The van der Waals surface area contributed by atoms with Crippen molar-refractivity contribution in [1.82, 2.24) is 10.1 Å². The van der Waals surface area contributed by atoms with Crippen molar-refractivity contribution in [2.75, 3.05) is 6.54 Å². The maximum Gasteiger partial charge on any atom is 0.226 e. The van der Waals surface area contributed by atoms with Crippen molar-refractivity contribution < 1.29 is 4.52 Å². The van der Waals surface area contributed by atoms with Gasteiger partial charge in [0.25, 0.3) is 0 Å². The molecule has 0 radical (unpaired) electrons. The van der Waals surface area contributed by atoms with Gasteiger partial charge in [0.1, 0.15) is 0 Å². The average molecular weight is 277 g/mol. The van der Waals surface area contributed by atoms with Crippen LogP contribution in [0.15, 0.2) is 33.7 Å². The first-order valence-corrected chi connectivity index (χ1v) is 7.47. The van der Waals surface area contributed by atoms with Gasteiger partial charge in [-0.1, -0.05) is 22.9 Å². The number of benzene rings is 1. The maximum atomic E-state index is 5.45. The standard InChI is InChI=1S/C14H19N3OS/c1-11-5-4-6-12(9-11)19-10-13-16-14(18-17-13)7-2-3-8-15/h4-6,9H,2-3,7-8,10,15H2,1H3. The summed E-state index contributed by atoms with van der Waals surface area (Å²) in [6.45, 7) is 2.80. The Balaban J connectivity index is 1.83. The molecule has 2 N–H and O–H groups in total. The predicted octanol–water partition coefficient (Wildman–Crippen LogP) is 2.95. The Bertz CT molecular complexity index is 513. The normalized spacial score (nSPS) is 10.8. The van der Waals surface area contributed by atoms with E-state index in [2.05, 4.69) is 41.3 Å². The highest BCUT2D eigenvalue weighted by molar-refractivity contribution is 7.98. The van der Waals surface area contributed by atoms with Crippen LogP contribution in [0.3, 0.4) is 0 Å². The molecule has 4 nitrogen and oxygen atoms in total. The third kappa shape index (κ3) is 4.69. The Morgan fingerprint density at radius 1 is 1.32 bits per heavy atom. The molecule has 102 valence electrons. The predicted molar refractivity (Wildman–Crippen MR) is 77.0 cm³/mol. The number of rotatable bonds is 7. The van der Waals surface area contributed by atoms with E-state index in [4.69, 9.17) is 10.3 Å². The second kappa shape index (κ2) is 7.31. The molecule has 0 atom stereocenters. The minimum atomic E-state index is 0.713. The lowest BCUT2D eigenvalue weighted by Gasteiger charge is -1.99. The smallest absolute Gasteiger partial charge is 0.226 e. The van der Waals surface area contributed by atoms with Gasteiger partial charge in [-0.3, -0.25) is 0 Å². The Morgan fingerprint density at radius 3 is 3.00 bits per heavy atom. The number of unbranched alkanes of at least 4 members (excludes halogenated alkanes) is 1. The fourth-order valence-electron chi connectivity index (χ4n) is 1.72. The van der Waals surface area contributed by atoms with Crippen LogP contribution in [0.5, 0.6) is 0 Å². The summed E-state index contributed by atoms with van der Waals surface area (Å²) in [7, 11) is 0. The van der Waals surface area contributed by atoms with E-state index in [0.29, 0.717) is 12.4 Å². The third-order valence-corrected chi connectivity index (χ3v) is 3.70. The maximum absolute atomic E-state index is 5.45. The van der Waals surface area contributed by atoms with Crippen LogP contribution in [0.25, 0.3) is 0 Å². The Kier molecular flexibility index (Phi) is 5.42. The molecular formula is C14H19N3OS. The van der Waals surface area contributed by atoms with Gasteiger partial charge in [-0.15, -0.1) is 11.8 Å². The number of nitrogens with two attached hydrogens (primary N) is 1. The molecule has 0 unspecified atom stereocenters. The van der Waals surface area contributed by atoms with Crippen LogP contribution in [0.2, 0.25) is 0 Å². The Hall–Kier alpha value is -1.33. The number of aryl methyl sites for hydroxylation is 2. The quantitative estimate of drug-likeness (QED) is 0.622. The van der Waals surface area contributed by atoms with Crippen LogP contribution < -0.4 is 5.73 Å². The van der Waals surface area contributed by atoms with E-state index in [1.165, 1.54) is 10.5 Å². The molecule has 0 fully saturated rings. The zero-order valence-corrected chi connectivity index (χ0v) is 11.9. The molecule has 0 aliphatic rings. The summed E-state index contributed by atoms with van der Waals surface area (Å²) < 4.78 is 5.21. The van der Waals surface area contributed by atoms with Crippen LogP contribution in [0, 0.1) is 6.92 Å². The molecule has 0 amide bonds. The van der Waals surface area contributed by atoms with Gasteiger partial charge in [0.05, 0.1) is 5.75 Å². The van der Waals surface area contributed by atoms with Gasteiger partial charge in [-0.2, -0.15) is 4.98 Å². The van der Waals surface area contributed by atoms with Crippen molar-refractivity contribution >= 4 is 11.8 Å². The monoisotopic (exact) mass is 277 g/mol. The highest BCUT2D eigenvalue weighted by atomic mass is 32.2. The minimum absolute atomic E-state index is 0.713. The fraction of sp³-hybridized carbons (Fsp3) is 0.429. The van der Waals surface area contributed by atoms with Crippen LogP contribution in [-0.2, 0) is 12.2 Å². The van der Waals surface area contributed by atoms with Gasteiger partial charge in [0, 0.05) is 11.3 Å². The Morgan fingerprint density at radius 2 is 2.21 bits per heavy atom. The number of aromatic nitrogens is 2. The SMILES string of the molecule is Cc1cccc(SCc2noc(CCCCN)n2)c1. The molecule has 2 aromatic rings. The first kappa shape index (κ1) is 14.1. The third-order valence-electron chi connectivity index (χ3n) is 2.71. The lowest BCUT2D eigenvalue weighted by atomic mass is 10.2. The molecule has 1 aromatic heterocycles. The lowest BCUT2D eigenvalue weighted by molar-refractivity contribution is 0.371. The average Bonchev–Trinajstić information content (AvgIpc) is 2.85. The summed E-state index contributed by atoms with van der Waals surface area (Å²) in [4.78, 5) is 5.61. The summed E-state index contributed by atoms with van der Waals surface area (Å²) in [6.07, 6.45) is 2.82. The van der Waals surface area contributed by atoms with Crippen molar-refractivity contribution in [3.05, 3.63) is 41.5 Å². The summed E-state index contributed by atoms with van der Waals surface area (Å²) >= 11 is 1.72. The molecule has 2 rings (SSSR count). The first-order valence-electron chi connectivity index (χ1n) is 6.49. The molecule has 5 heteroatoms. The van der Waals surface area contributed by atoms with E-state index in [1.54, 1.807) is 11.8 Å². The summed E-state index contributed by atoms with van der Waals surface area (Å²) in [5.74, 6) is 2.21. The molecule has 0 saturated heterocycles. The second-order valence-electron chi connectivity index (χ2n) is 4.46. The number of hydrogen-bond donors (Lipinski definition) is 1. The van der Waals surface area contributed by atoms with Gasteiger partial charge in [0.15, 0.2) is 5.82 Å². The number of hydrogen-bond acceptors (Lipinski definition) is 5. The van der Waals surface area contributed by atoms with Gasteiger partial charge >= 0.3 is 0 Å². The molecule has 0 aliphatic carbocycles. The van der Waals surface area contributed by atoms with Crippen molar-refractivity contribution in [1.29, 1.82) is 0 Å². The lowest BCUT2D eigenvalue weighted by Crippen LogP contribution is -1.99. The molecular weight excluding hydrogens is 258 g/mol. The molecule has 1 aromatic carbocycles. The van der Waals surface area contributed by atoms with E-state index < -0.39 is 0 Å². The molecule has 0 saturated carbocycles. The van der Waals surface area contributed by atoms with E-state index in [9.17, 15) is 0 Å². The highest BCUT2D eigenvalue weighted by Gasteiger charge is 2.06. The van der Waals surface area contributed by atoms with Crippen LogP contribution >= 0.6 is 11.8 Å². The summed E-state index contributed by atoms with van der Waals surface area (Å²) in [5.41, 5.74) is 6.72. The molecule has 19 heavy (non-hydrogen) atoms. The van der Waals surface area contributed by atoms with Crippen LogP contribution in [-0.4, -0.2) is 16.7 Å². The van der Waals surface area contributed by atoms with Crippen LogP contribution in [0.4, 0.5) is 0 Å². The van der Waals surface area contributed by atoms with E-state index >= 15 is 0 Å². The van der Waals surface area contributed by atoms with Crippen molar-refractivity contribution in [3.63, 3.8) is 0 Å². The van der Waals surface area contributed by atoms with Gasteiger partial charge in [-0.05, 0) is 38.4 Å². The summed E-state index contributed by atoms with van der Waals surface area (Å²) in [5, 5.41) is 3.99. The second-order valence-corrected chi connectivity index (χ2v) is 5.50. The number of nitrogens with zero attached hydrogens (tertiary/aromatic N) is 2. The highest BCUT2D eigenvalue weighted by Crippen LogP contribution is 2.22. The fourth-order valence-corrected chi connectivity index (χ4v) is 2.58. The molecule has 0 aliphatic heterocycles. The molecule has 0 spiro atoms. The number of thioether (sulfide) groups is 1. The van der Waals surface area contributed by atoms with Crippen molar-refractivity contribution in [2.24, 2.45) is 5.73 Å².